The Hall–Kier alpha value is -1.15. The van der Waals surface area contributed by atoms with E-state index < -0.39 is 22.0 Å². The fraction of sp³-hybridized carbons (Fsp3) is 0.800. The van der Waals surface area contributed by atoms with Crippen molar-refractivity contribution in [3.63, 3.8) is 0 Å². The lowest BCUT2D eigenvalue weighted by Gasteiger charge is -2.05. The molecule has 18 heavy (non-hydrogen) atoms. The van der Waals surface area contributed by atoms with E-state index in [2.05, 4.69) is 9.46 Å². The molecule has 0 aliphatic heterocycles. The SMILES string of the molecule is COC(=O)CCS(=O)(=O)NCCCCCC(=O)O. The molecule has 0 fully saturated rings. The van der Waals surface area contributed by atoms with E-state index in [1.54, 1.807) is 0 Å². The Balaban J connectivity index is 3.65. The number of carboxylic acids is 1. The summed E-state index contributed by atoms with van der Waals surface area (Å²) >= 11 is 0. The number of hydrogen-bond donors (Lipinski definition) is 2. The minimum atomic E-state index is -3.46. The first-order valence-corrected chi connectivity index (χ1v) is 7.28. The van der Waals surface area contributed by atoms with Crippen LogP contribution in [-0.4, -0.2) is 44.9 Å². The van der Waals surface area contributed by atoms with Gasteiger partial charge in [0.2, 0.25) is 10.0 Å². The topological polar surface area (TPSA) is 110 Å². The maximum absolute atomic E-state index is 11.4. The lowest BCUT2D eigenvalue weighted by molar-refractivity contribution is -0.140. The van der Waals surface area contributed by atoms with Crippen molar-refractivity contribution >= 4 is 22.0 Å². The summed E-state index contributed by atoms with van der Waals surface area (Å²) in [5.74, 6) is -1.72. The number of aliphatic carboxylic acids is 1. The Bertz CT molecular complexity index is 365. The van der Waals surface area contributed by atoms with Gasteiger partial charge in [-0.25, -0.2) is 13.1 Å². The van der Waals surface area contributed by atoms with E-state index >= 15 is 0 Å². The number of unbranched alkanes of at least 4 members (excludes halogenated alkanes) is 2. The van der Waals surface area contributed by atoms with E-state index in [0.29, 0.717) is 19.3 Å². The molecular weight excluding hydrogens is 262 g/mol. The number of hydrogen-bond acceptors (Lipinski definition) is 5. The van der Waals surface area contributed by atoms with Crippen LogP contribution in [0, 0.1) is 0 Å². The first kappa shape index (κ1) is 16.9. The average Bonchev–Trinajstić information content (AvgIpc) is 2.30. The molecule has 0 unspecified atom stereocenters. The third-order valence-corrected chi connectivity index (χ3v) is 3.58. The van der Waals surface area contributed by atoms with Crippen molar-refractivity contribution in [2.45, 2.75) is 32.1 Å². The maximum Gasteiger partial charge on any atom is 0.306 e. The molecule has 0 amide bonds. The quantitative estimate of drug-likeness (QED) is 0.434. The van der Waals surface area contributed by atoms with Crippen LogP contribution in [0.25, 0.3) is 0 Å². The Labute approximate surface area is 107 Å². The van der Waals surface area contributed by atoms with Crippen LogP contribution in [-0.2, 0) is 24.3 Å². The molecule has 106 valence electrons. The summed E-state index contributed by atoms with van der Waals surface area (Å²) in [6.45, 7) is 0.253. The summed E-state index contributed by atoms with van der Waals surface area (Å²) in [7, 11) is -2.26. The molecule has 7 nitrogen and oxygen atoms in total. The molecule has 0 rings (SSSR count). The number of esters is 1. The lowest BCUT2D eigenvalue weighted by Crippen LogP contribution is -2.28. The molecule has 0 aromatic rings. The molecule has 0 atom stereocenters. The zero-order valence-corrected chi connectivity index (χ0v) is 11.2. The number of ether oxygens (including phenoxy) is 1. The minimum absolute atomic E-state index is 0.0924. The number of sulfonamides is 1. The van der Waals surface area contributed by atoms with Crippen molar-refractivity contribution < 1.29 is 27.9 Å². The highest BCUT2D eigenvalue weighted by Gasteiger charge is 2.12. The Morgan fingerprint density at radius 3 is 2.39 bits per heavy atom. The molecule has 0 aromatic carbocycles. The molecule has 2 N–H and O–H groups in total. The minimum Gasteiger partial charge on any atom is -0.481 e. The van der Waals surface area contributed by atoms with Crippen LogP contribution in [0.15, 0.2) is 0 Å². The van der Waals surface area contributed by atoms with Crippen molar-refractivity contribution in [2.24, 2.45) is 0 Å². The van der Waals surface area contributed by atoms with Crippen LogP contribution in [0.4, 0.5) is 0 Å². The Morgan fingerprint density at radius 2 is 1.83 bits per heavy atom. The third-order valence-electron chi connectivity index (χ3n) is 2.19. The van der Waals surface area contributed by atoms with E-state index in [0.717, 1.165) is 0 Å². The summed E-state index contributed by atoms with van der Waals surface area (Å²) in [5.41, 5.74) is 0. The number of methoxy groups -OCH3 is 1. The summed E-state index contributed by atoms with van der Waals surface area (Å²) in [6.07, 6.45) is 1.66. The number of carbonyl (C=O) groups is 2. The molecule has 0 saturated heterocycles. The van der Waals surface area contributed by atoms with Crippen molar-refractivity contribution in [3.05, 3.63) is 0 Å². The van der Waals surface area contributed by atoms with Gasteiger partial charge in [0, 0.05) is 13.0 Å². The number of rotatable bonds is 10. The van der Waals surface area contributed by atoms with Gasteiger partial charge in [0.05, 0.1) is 19.3 Å². The average molecular weight is 281 g/mol. The van der Waals surface area contributed by atoms with Crippen LogP contribution < -0.4 is 4.72 Å². The number of nitrogens with one attached hydrogen (secondary N) is 1. The molecule has 0 aromatic heterocycles. The fourth-order valence-corrected chi connectivity index (χ4v) is 2.23. The van der Waals surface area contributed by atoms with Crippen molar-refractivity contribution in [3.8, 4) is 0 Å². The molecule has 0 aliphatic carbocycles. The molecule has 0 radical (unpaired) electrons. The molecule has 0 heterocycles. The van der Waals surface area contributed by atoms with Crippen molar-refractivity contribution in [1.29, 1.82) is 0 Å². The van der Waals surface area contributed by atoms with Crippen molar-refractivity contribution in [1.82, 2.24) is 4.72 Å². The molecule has 0 saturated carbocycles. The number of carbonyl (C=O) groups excluding carboxylic acids is 1. The third kappa shape index (κ3) is 10.0. The fourth-order valence-electron chi connectivity index (χ4n) is 1.20. The van der Waals surface area contributed by atoms with E-state index in [1.165, 1.54) is 7.11 Å². The van der Waals surface area contributed by atoms with E-state index in [4.69, 9.17) is 5.11 Å². The van der Waals surface area contributed by atoms with Gasteiger partial charge in [0.15, 0.2) is 0 Å². The zero-order chi connectivity index (χ0) is 14.0. The smallest absolute Gasteiger partial charge is 0.306 e. The van der Waals surface area contributed by atoms with Gasteiger partial charge in [-0.15, -0.1) is 0 Å². The Kier molecular flexibility index (Phi) is 8.30. The van der Waals surface area contributed by atoms with Crippen LogP contribution in [0.1, 0.15) is 32.1 Å². The monoisotopic (exact) mass is 281 g/mol. The highest BCUT2D eigenvalue weighted by Crippen LogP contribution is 1.99. The van der Waals surface area contributed by atoms with Gasteiger partial charge < -0.3 is 9.84 Å². The largest absolute Gasteiger partial charge is 0.481 e. The second-order valence-corrected chi connectivity index (χ2v) is 5.67. The van der Waals surface area contributed by atoms with Crippen LogP contribution in [0.3, 0.4) is 0 Å². The molecule has 8 heteroatoms. The second kappa shape index (κ2) is 8.87. The summed E-state index contributed by atoms with van der Waals surface area (Å²) in [4.78, 5) is 21.0. The van der Waals surface area contributed by atoms with Gasteiger partial charge in [0.1, 0.15) is 0 Å². The highest BCUT2D eigenvalue weighted by atomic mass is 32.2. The van der Waals surface area contributed by atoms with Crippen LogP contribution >= 0.6 is 0 Å². The predicted octanol–water partition coefficient (Wildman–Crippen LogP) is 0.114. The van der Waals surface area contributed by atoms with Gasteiger partial charge in [-0.2, -0.15) is 0 Å². The van der Waals surface area contributed by atoms with Gasteiger partial charge in [0.25, 0.3) is 0 Å². The first-order valence-electron chi connectivity index (χ1n) is 5.63. The van der Waals surface area contributed by atoms with E-state index in [-0.39, 0.29) is 25.1 Å². The second-order valence-electron chi connectivity index (χ2n) is 3.74. The lowest BCUT2D eigenvalue weighted by atomic mass is 10.2. The molecular formula is C10H19NO6S. The van der Waals surface area contributed by atoms with Crippen molar-refractivity contribution in [2.75, 3.05) is 19.4 Å². The van der Waals surface area contributed by atoms with Gasteiger partial charge >= 0.3 is 11.9 Å². The normalized spacial score (nSPS) is 11.2. The van der Waals surface area contributed by atoms with Crippen LogP contribution in [0.5, 0.6) is 0 Å². The summed E-state index contributed by atoms with van der Waals surface area (Å²) in [6, 6.07) is 0. The highest BCUT2D eigenvalue weighted by molar-refractivity contribution is 7.89. The number of carboxylic acid groups (broad SMARTS) is 1. The Morgan fingerprint density at radius 1 is 1.17 bits per heavy atom. The standard InChI is InChI=1S/C10H19NO6S/c1-17-10(14)6-8-18(15,16)11-7-4-2-3-5-9(12)13/h11H,2-8H2,1H3,(H,12,13). The summed E-state index contributed by atoms with van der Waals surface area (Å²) in [5, 5.41) is 8.39. The predicted molar refractivity (Wildman–Crippen MR) is 64.5 cm³/mol. The summed E-state index contributed by atoms with van der Waals surface area (Å²) < 4.78 is 29.4. The van der Waals surface area contributed by atoms with Gasteiger partial charge in [-0.1, -0.05) is 6.42 Å². The molecule has 0 bridgehead atoms. The van der Waals surface area contributed by atoms with E-state index in [9.17, 15) is 18.0 Å². The first-order chi connectivity index (χ1) is 8.37. The molecule has 0 aliphatic rings. The van der Waals surface area contributed by atoms with Crippen LogP contribution in [0.2, 0.25) is 0 Å². The van der Waals surface area contributed by atoms with Gasteiger partial charge in [-0.05, 0) is 12.8 Å². The zero-order valence-electron chi connectivity index (χ0n) is 10.3. The molecule has 0 spiro atoms. The van der Waals surface area contributed by atoms with Gasteiger partial charge in [-0.3, -0.25) is 9.59 Å². The maximum atomic E-state index is 11.4. The van der Waals surface area contributed by atoms with E-state index in [1.807, 2.05) is 0 Å².